The van der Waals surface area contributed by atoms with Crippen LogP contribution >= 0.6 is 0 Å². The minimum absolute atomic E-state index is 0.821. The highest BCUT2D eigenvalue weighted by molar-refractivity contribution is 5.52. The van der Waals surface area contributed by atoms with Gasteiger partial charge in [0.25, 0.3) is 0 Å². The van der Waals surface area contributed by atoms with Gasteiger partial charge in [-0.2, -0.15) is 0 Å². The van der Waals surface area contributed by atoms with Crippen molar-refractivity contribution in [1.82, 2.24) is 15.3 Å². The highest BCUT2D eigenvalue weighted by atomic mass is 16.3. The number of H-pyrrole nitrogens is 1. The van der Waals surface area contributed by atoms with Crippen LogP contribution in [0.15, 0.2) is 29.2 Å². The molecule has 0 amide bonds. The summed E-state index contributed by atoms with van der Waals surface area (Å²) in [7, 11) is 0. The number of rotatable bonds is 4. The zero-order valence-electron chi connectivity index (χ0n) is 8.08. The molecule has 0 aliphatic rings. The van der Waals surface area contributed by atoms with Gasteiger partial charge < -0.3 is 14.7 Å². The van der Waals surface area contributed by atoms with Gasteiger partial charge in [-0.3, -0.25) is 0 Å². The standard InChI is InChI=1S/C10H13N3O/c1-2-11-5-9-6-12-10(13-9)8-3-4-14-7-8/h3-4,6-7,11H,2,5H2,1H3,(H,12,13). The predicted octanol–water partition coefficient (Wildman–Crippen LogP) is 1.78. The lowest BCUT2D eigenvalue weighted by atomic mass is 10.3. The summed E-state index contributed by atoms with van der Waals surface area (Å²) in [6.45, 7) is 3.86. The average molecular weight is 191 g/mol. The molecule has 0 spiro atoms. The van der Waals surface area contributed by atoms with Crippen LogP contribution in [-0.4, -0.2) is 16.5 Å². The first-order valence-corrected chi connectivity index (χ1v) is 4.67. The molecule has 0 aromatic carbocycles. The summed E-state index contributed by atoms with van der Waals surface area (Å²) in [6, 6.07) is 1.88. The summed E-state index contributed by atoms with van der Waals surface area (Å²) in [4.78, 5) is 7.47. The number of nitrogens with zero attached hydrogens (tertiary/aromatic N) is 1. The van der Waals surface area contributed by atoms with Crippen LogP contribution in [-0.2, 0) is 6.54 Å². The van der Waals surface area contributed by atoms with Gasteiger partial charge in [0, 0.05) is 18.4 Å². The van der Waals surface area contributed by atoms with E-state index in [1.807, 2.05) is 12.3 Å². The minimum atomic E-state index is 0.821. The van der Waals surface area contributed by atoms with Crippen LogP contribution in [0.3, 0.4) is 0 Å². The van der Waals surface area contributed by atoms with Gasteiger partial charge in [-0.1, -0.05) is 6.92 Å². The lowest BCUT2D eigenvalue weighted by Gasteiger charge is -1.96. The van der Waals surface area contributed by atoms with Gasteiger partial charge in [-0.05, 0) is 12.6 Å². The van der Waals surface area contributed by atoms with E-state index in [0.29, 0.717) is 0 Å². The quantitative estimate of drug-likeness (QED) is 0.774. The van der Waals surface area contributed by atoms with Gasteiger partial charge in [0.2, 0.25) is 0 Å². The summed E-state index contributed by atoms with van der Waals surface area (Å²) < 4.78 is 4.98. The fourth-order valence-electron chi connectivity index (χ4n) is 1.25. The first kappa shape index (κ1) is 9.02. The second kappa shape index (κ2) is 4.11. The summed E-state index contributed by atoms with van der Waals surface area (Å²) in [6.07, 6.45) is 5.16. The Morgan fingerprint density at radius 2 is 2.50 bits per heavy atom. The van der Waals surface area contributed by atoms with E-state index in [9.17, 15) is 0 Å². The van der Waals surface area contributed by atoms with E-state index >= 15 is 0 Å². The molecule has 2 aromatic heterocycles. The molecule has 4 heteroatoms. The van der Waals surface area contributed by atoms with Crippen molar-refractivity contribution >= 4 is 0 Å². The Balaban J connectivity index is 2.10. The van der Waals surface area contributed by atoms with Crippen LogP contribution in [0.1, 0.15) is 12.6 Å². The highest BCUT2D eigenvalue weighted by Crippen LogP contribution is 2.15. The SMILES string of the molecule is CCNCc1cnc(-c2ccoc2)[nH]1. The fraction of sp³-hybridized carbons (Fsp3) is 0.300. The Labute approximate surface area is 82.4 Å². The Morgan fingerprint density at radius 1 is 1.57 bits per heavy atom. The van der Waals surface area contributed by atoms with Crippen molar-refractivity contribution in [3.8, 4) is 11.4 Å². The van der Waals surface area contributed by atoms with Crippen LogP contribution < -0.4 is 5.32 Å². The molecular formula is C10H13N3O. The maximum absolute atomic E-state index is 4.98. The number of nitrogens with one attached hydrogen (secondary N) is 2. The van der Waals surface area contributed by atoms with Crippen molar-refractivity contribution in [1.29, 1.82) is 0 Å². The van der Waals surface area contributed by atoms with Gasteiger partial charge in [-0.15, -0.1) is 0 Å². The van der Waals surface area contributed by atoms with Gasteiger partial charge in [-0.25, -0.2) is 4.98 Å². The van der Waals surface area contributed by atoms with Crippen LogP contribution in [0.2, 0.25) is 0 Å². The summed E-state index contributed by atoms with van der Waals surface area (Å²) in [5.41, 5.74) is 2.07. The van der Waals surface area contributed by atoms with Crippen molar-refractivity contribution in [3.63, 3.8) is 0 Å². The summed E-state index contributed by atoms with van der Waals surface area (Å²) >= 11 is 0. The zero-order valence-corrected chi connectivity index (χ0v) is 8.08. The molecule has 0 fully saturated rings. The molecule has 2 rings (SSSR count). The van der Waals surface area contributed by atoms with Crippen molar-refractivity contribution in [3.05, 3.63) is 30.5 Å². The van der Waals surface area contributed by atoms with E-state index in [2.05, 4.69) is 22.2 Å². The summed E-state index contributed by atoms with van der Waals surface area (Å²) in [5, 5.41) is 3.23. The maximum Gasteiger partial charge on any atom is 0.140 e. The molecule has 14 heavy (non-hydrogen) atoms. The van der Waals surface area contributed by atoms with Gasteiger partial charge >= 0.3 is 0 Å². The monoisotopic (exact) mass is 191 g/mol. The topological polar surface area (TPSA) is 53.9 Å². The van der Waals surface area contributed by atoms with Crippen LogP contribution in [0, 0.1) is 0 Å². The maximum atomic E-state index is 4.98. The van der Waals surface area contributed by atoms with Gasteiger partial charge in [0.05, 0.1) is 11.8 Å². The Morgan fingerprint density at radius 3 is 3.21 bits per heavy atom. The first-order valence-electron chi connectivity index (χ1n) is 4.67. The lowest BCUT2D eigenvalue weighted by molar-refractivity contribution is 0.568. The molecule has 0 aliphatic carbocycles. The fourth-order valence-corrected chi connectivity index (χ4v) is 1.25. The molecule has 2 heterocycles. The third kappa shape index (κ3) is 1.85. The lowest BCUT2D eigenvalue weighted by Crippen LogP contribution is -2.11. The molecule has 0 bridgehead atoms. The van der Waals surface area contributed by atoms with E-state index < -0.39 is 0 Å². The first-order chi connectivity index (χ1) is 6.90. The second-order valence-corrected chi connectivity index (χ2v) is 3.05. The van der Waals surface area contributed by atoms with Crippen molar-refractivity contribution in [2.24, 2.45) is 0 Å². The molecule has 0 radical (unpaired) electrons. The Kier molecular flexibility index (Phi) is 2.65. The molecule has 0 unspecified atom stereocenters. The summed E-state index contributed by atoms with van der Waals surface area (Å²) in [5.74, 6) is 0.853. The minimum Gasteiger partial charge on any atom is -0.472 e. The predicted molar refractivity (Wildman–Crippen MR) is 53.7 cm³/mol. The van der Waals surface area contributed by atoms with Crippen molar-refractivity contribution < 1.29 is 4.42 Å². The number of hydrogen-bond acceptors (Lipinski definition) is 3. The number of imidazole rings is 1. The van der Waals surface area contributed by atoms with E-state index in [-0.39, 0.29) is 0 Å². The Bertz CT molecular complexity index is 378. The van der Waals surface area contributed by atoms with Crippen molar-refractivity contribution in [2.45, 2.75) is 13.5 Å². The van der Waals surface area contributed by atoms with E-state index in [1.165, 1.54) is 0 Å². The third-order valence-electron chi connectivity index (χ3n) is 1.99. The molecule has 0 saturated heterocycles. The van der Waals surface area contributed by atoms with Crippen molar-refractivity contribution in [2.75, 3.05) is 6.54 Å². The molecule has 74 valence electrons. The number of aromatic nitrogens is 2. The normalized spacial score (nSPS) is 10.6. The molecule has 0 aliphatic heterocycles. The largest absolute Gasteiger partial charge is 0.472 e. The van der Waals surface area contributed by atoms with E-state index in [0.717, 1.165) is 30.2 Å². The van der Waals surface area contributed by atoms with Crippen LogP contribution in [0.5, 0.6) is 0 Å². The second-order valence-electron chi connectivity index (χ2n) is 3.05. The molecule has 0 atom stereocenters. The molecule has 4 nitrogen and oxygen atoms in total. The molecule has 2 N–H and O–H groups in total. The third-order valence-corrected chi connectivity index (χ3v) is 1.99. The molecule has 0 saturated carbocycles. The average Bonchev–Trinajstić information content (AvgIpc) is 2.85. The van der Waals surface area contributed by atoms with Gasteiger partial charge in [0.15, 0.2) is 0 Å². The number of furan rings is 1. The van der Waals surface area contributed by atoms with Gasteiger partial charge in [0.1, 0.15) is 12.1 Å². The smallest absolute Gasteiger partial charge is 0.140 e. The number of aromatic amines is 1. The van der Waals surface area contributed by atoms with E-state index in [1.54, 1.807) is 12.5 Å². The Hall–Kier alpha value is -1.55. The van der Waals surface area contributed by atoms with Crippen LogP contribution in [0.25, 0.3) is 11.4 Å². The molecule has 2 aromatic rings. The van der Waals surface area contributed by atoms with Crippen LogP contribution in [0.4, 0.5) is 0 Å². The highest BCUT2D eigenvalue weighted by Gasteiger charge is 2.03. The zero-order chi connectivity index (χ0) is 9.80. The number of hydrogen-bond donors (Lipinski definition) is 2. The van der Waals surface area contributed by atoms with E-state index in [4.69, 9.17) is 4.42 Å². The molecular weight excluding hydrogens is 178 g/mol.